The van der Waals surface area contributed by atoms with Crippen LogP contribution in [0.1, 0.15) is 39.4 Å². The summed E-state index contributed by atoms with van der Waals surface area (Å²) in [4.78, 5) is 25.4. The Morgan fingerprint density at radius 3 is 2.45 bits per heavy atom. The molecule has 3 aromatic carbocycles. The Labute approximate surface area is 189 Å². The zero-order valence-electron chi connectivity index (χ0n) is 18.0. The molecule has 2 aliphatic heterocycles. The van der Waals surface area contributed by atoms with E-state index in [-0.39, 0.29) is 35.6 Å². The van der Waals surface area contributed by atoms with Gasteiger partial charge in [-0.15, -0.1) is 0 Å². The molecule has 7 nitrogen and oxygen atoms in total. The second-order valence-corrected chi connectivity index (χ2v) is 7.73. The van der Waals surface area contributed by atoms with Gasteiger partial charge in [-0.2, -0.15) is 0 Å². The molecule has 0 radical (unpaired) electrons. The number of carbonyl (C=O) groups excluding carboxylic acids is 2. The van der Waals surface area contributed by atoms with Crippen LogP contribution in [0.2, 0.25) is 0 Å². The van der Waals surface area contributed by atoms with E-state index < -0.39 is 0 Å². The summed E-state index contributed by atoms with van der Waals surface area (Å²) in [5.41, 5.74) is 2.52. The molecule has 1 atom stereocenters. The zero-order valence-corrected chi connectivity index (χ0v) is 18.0. The molecule has 33 heavy (non-hydrogen) atoms. The number of phenols is 1. The van der Waals surface area contributed by atoms with E-state index in [4.69, 9.17) is 18.9 Å². The van der Waals surface area contributed by atoms with E-state index in [0.717, 1.165) is 5.56 Å². The van der Waals surface area contributed by atoms with Crippen LogP contribution in [0.15, 0.2) is 60.4 Å². The summed E-state index contributed by atoms with van der Waals surface area (Å²) in [5.74, 6) is 0.904. The van der Waals surface area contributed by atoms with Gasteiger partial charge in [-0.3, -0.25) is 9.59 Å². The number of aromatic hydroxyl groups is 1. The fourth-order valence-corrected chi connectivity index (χ4v) is 4.18. The molecule has 3 aromatic rings. The lowest BCUT2D eigenvalue weighted by molar-refractivity contribution is -0.135. The Morgan fingerprint density at radius 1 is 0.970 bits per heavy atom. The Morgan fingerprint density at radius 2 is 1.76 bits per heavy atom. The van der Waals surface area contributed by atoms with Crippen LogP contribution < -0.4 is 18.9 Å². The van der Waals surface area contributed by atoms with E-state index >= 15 is 0 Å². The molecule has 7 heteroatoms. The van der Waals surface area contributed by atoms with E-state index in [1.54, 1.807) is 37.5 Å². The average molecular weight is 444 g/mol. The molecule has 166 valence electrons. The number of rotatable bonds is 4. The van der Waals surface area contributed by atoms with Gasteiger partial charge in [0.05, 0.1) is 26.2 Å². The van der Waals surface area contributed by atoms with Crippen LogP contribution in [-0.2, 0) is 4.79 Å². The maximum Gasteiger partial charge on any atom is 0.312 e. The molecule has 0 aliphatic carbocycles. The minimum Gasteiger partial charge on any atom is -0.504 e. The monoisotopic (exact) mass is 444 g/mol. The van der Waals surface area contributed by atoms with Crippen LogP contribution >= 0.6 is 0 Å². The SMILES string of the molecule is COc1ccc(C2CC(=O)Oc3ccc4c(c32)OC(=Cc2ccc(OC)c(O)c2)C4=O)cc1. The molecular formula is C26H20O7. The summed E-state index contributed by atoms with van der Waals surface area (Å²) >= 11 is 0. The molecule has 0 aromatic heterocycles. The Kier molecular flexibility index (Phi) is 5.01. The average Bonchev–Trinajstić information content (AvgIpc) is 3.13. The van der Waals surface area contributed by atoms with Crippen molar-refractivity contribution in [3.8, 4) is 28.7 Å². The van der Waals surface area contributed by atoms with E-state index in [1.165, 1.54) is 13.2 Å². The molecule has 2 aliphatic rings. The van der Waals surface area contributed by atoms with Gasteiger partial charge in [-0.1, -0.05) is 18.2 Å². The van der Waals surface area contributed by atoms with Crippen molar-refractivity contribution < 1.29 is 33.6 Å². The van der Waals surface area contributed by atoms with Crippen molar-refractivity contribution in [2.24, 2.45) is 0 Å². The van der Waals surface area contributed by atoms with Crippen LogP contribution in [0.5, 0.6) is 28.7 Å². The summed E-state index contributed by atoms with van der Waals surface area (Å²) in [5, 5.41) is 10.0. The Hall–Kier alpha value is -4.26. The van der Waals surface area contributed by atoms with Gasteiger partial charge in [-0.25, -0.2) is 0 Å². The molecule has 0 bridgehead atoms. The third-order valence-corrected chi connectivity index (χ3v) is 5.80. The minimum absolute atomic E-state index is 0.0429. The lowest BCUT2D eigenvalue weighted by Gasteiger charge is -2.26. The van der Waals surface area contributed by atoms with Crippen molar-refractivity contribution in [2.75, 3.05) is 14.2 Å². The highest BCUT2D eigenvalue weighted by atomic mass is 16.5. The van der Waals surface area contributed by atoms with Crippen molar-refractivity contribution >= 4 is 17.8 Å². The molecule has 0 amide bonds. The second-order valence-electron chi connectivity index (χ2n) is 7.73. The number of ketones is 1. The number of Topliss-reactive ketones (excluding diaryl/α,β-unsaturated/α-hetero) is 1. The largest absolute Gasteiger partial charge is 0.504 e. The number of ether oxygens (including phenoxy) is 4. The summed E-state index contributed by atoms with van der Waals surface area (Å²) in [6.45, 7) is 0. The molecule has 0 fully saturated rings. The molecule has 0 saturated heterocycles. The van der Waals surface area contributed by atoms with Crippen LogP contribution in [0.25, 0.3) is 6.08 Å². The first-order valence-electron chi connectivity index (χ1n) is 10.3. The number of fused-ring (bicyclic) bond motifs is 3. The van der Waals surface area contributed by atoms with Crippen molar-refractivity contribution in [1.82, 2.24) is 0 Å². The molecule has 0 saturated carbocycles. The maximum absolute atomic E-state index is 13.1. The standard InChI is InChI=1S/C26H20O7/c1-30-16-6-4-15(5-7-16)18-13-23(28)32-21-10-8-17-25(29)22(33-26(17)24(18)21)12-14-3-9-20(31-2)19(27)11-14/h3-12,18,27H,13H2,1-2H3. The number of esters is 1. The number of allylic oxidation sites excluding steroid dienone is 1. The fraction of sp³-hybridized carbons (Fsp3) is 0.154. The molecule has 1 unspecified atom stereocenters. The van der Waals surface area contributed by atoms with Gasteiger partial charge in [-0.05, 0) is 53.6 Å². The van der Waals surface area contributed by atoms with Crippen molar-refractivity contribution in [3.05, 3.63) is 82.6 Å². The van der Waals surface area contributed by atoms with E-state index in [2.05, 4.69) is 0 Å². The van der Waals surface area contributed by atoms with Crippen molar-refractivity contribution in [3.63, 3.8) is 0 Å². The van der Waals surface area contributed by atoms with Gasteiger partial charge in [0.2, 0.25) is 5.78 Å². The summed E-state index contributed by atoms with van der Waals surface area (Å²) < 4.78 is 21.8. The number of phenolic OH excluding ortho intramolecular Hbond substituents is 1. The van der Waals surface area contributed by atoms with Crippen LogP contribution in [0, 0.1) is 0 Å². The molecule has 1 N–H and O–H groups in total. The van der Waals surface area contributed by atoms with E-state index in [1.807, 2.05) is 24.3 Å². The lowest BCUT2D eigenvalue weighted by Crippen LogP contribution is -2.21. The first-order valence-corrected chi connectivity index (χ1v) is 10.3. The smallest absolute Gasteiger partial charge is 0.312 e. The van der Waals surface area contributed by atoms with Gasteiger partial charge in [0.1, 0.15) is 17.2 Å². The third-order valence-electron chi connectivity index (χ3n) is 5.80. The highest BCUT2D eigenvalue weighted by molar-refractivity contribution is 6.15. The second kappa shape index (κ2) is 8.02. The van der Waals surface area contributed by atoms with Gasteiger partial charge in [0, 0.05) is 11.5 Å². The minimum atomic E-state index is -0.350. The zero-order chi connectivity index (χ0) is 23.1. The van der Waals surface area contributed by atoms with Crippen molar-refractivity contribution in [2.45, 2.75) is 12.3 Å². The van der Waals surface area contributed by atoms with Crippen LogP contribution in [0.3, 0.4) is 0 Å². The number of hydrogen-bond acceptors (Lipinski definition) is 7. The molecular weight excluding hydrogens is 424 g/mol. The van der Waals surface area contributed by atoms with Gasteiger partial charge in [0.15, 0.2) is 17.3 Å². The summed E-state index contributed by atoms with van der Waals surface area (Å²) in [6.07, 6.45) is 1.68. The van der Waals surface area contributed by atoms with E-state index in [0.29, 0.717) is 39.7 Å². The molecule has 2 heterocycles. The van der Waals surface area contributed by atoms with Crippen LogP contribution in [0.4, 0.5) is 0 Å². The predicted molar refractivity (Wildman–Crippen MR) is 119 cm³/mol. The molecule has 5 rings (SSSR count). The first-order chi connectivity index (χ1) is 16.0. The number of carbonyl (C=O) groups is 2. The maximum atomic E-state index is 13.1. The Balaban J connectivity index is 1.56. The summed E-state index contributed by atoms with van der Waals surface area (Å²) in [7, 11) is 3.05. The highest BCUT2D eigenvalue weighted by Gasteiger charge is 2.38. The fourth-order valence-electron chi connectivity index (χ4n) is 4.18. The van der Waals surface area contributed by atoms with Crippen molar-refractivity contribution in [1.29, 1.82) is 0 Å². The van der Waals surface area contributed by atoms with Gasteiger partial charge >= 0.3 is 5.97 Å². The normalized spacial score (nSPS) is 17.8. The number of benzene rings is 3. The lowest BCUT2D eigenvalue weighted by atomic mass is 9.84. The quantitative estimate of drug-likeness (QED) is 0.361. The number of hydrogen-bond donors (Lipinski definition) is 1. The first kappa shape index (κ1) is 20.6. The van der Waals surface area contributed by atoms with Gasteiger partial charge in [0.25, 0.3) is 0 Å². The highest BCUT2D eigenvalue weighted by Crippen LogP contribution is 2.49. The van der Waals surface area contributed by atoms with Gasteiger partial charge < -0.3 is 24.1 Å². The number of methoxy groups -OCH3 is 2. The van der Waals surface area contributed by atoms with Crippen LogP contribution in [-0.4, -0.2) is 31.1 Å². The summed E-state index contributed by atoms with van der Waals surface area (Å²) in [6, 6.07) is 15.5. The Bertz CT molecular complexity index is 1300. The third kappa shape index (κ3) is 3.57. The van der Waals surface area contributed by atoms with E-state index in [9.17, 15) is 14.7 Å². The topological polar surface area (TPSA) is 91.3 Å². The molecule has 0 spiro atoms. The predicted octanol–water partition coefficient (Wildman–Crippen LogP) is 4.47.